The summed E-state index contributed by atoms with van der Waals surface area (Å²) in [6.45, 7) is 4.24. The standard InChI is InChI=1S/C19H22N2S/c1-13-7-5-11-17(14(13)2)20-19(22)21-18-12-6-9-15-8-3-4-10-16(15)18/h3-5,7-8,10-11,18H,6,9,12H2,1-2H3,(H2,20,21,22)/t18-/m1/s1. The SMILES string of the molecule is Cc1cccc(NC(=S)N[C@@H]2CCCc3ccccc32)c1C. The molecule has 0 aliphatic heterocycles. The highest BCUT2D eigenvalue weighted by Gasteiger charge is 2.20. The van der Waals surface area contributed by atoms with Crippen molar-refractivity contribution in [3.05, 3.63) is 64.7 Å². The Balaban J connectivity index is 1.72. The quantitative estimate of drug-likeness (QED) is 0.788. The van der Waals surface area contributed by atoms with E-state index in [1.54, 1.807) is 0 Å². The van der Waals surface area contributed by atoms with E-state index >= 15 is 0 Å². The summed E-state index contributed by atoms with van der Waals surface area (Å²) in [5.74, 6) is 0. The van der Waals surface area contributed by atoms with Gasteiger partial charge in [-0.25, -0.2) is 0 Å². The van der Waals surface area contributed by atoms with Crippen molar-refractivity contribution < 1.29 is 0 Å². The zero-order chi connectivity index (χ0) is 15.5. The summed E-state index contributed by atoms with van der Waals surface area (Å²) in [6, 6.07) is 15.2. The van der Waals surface area contributed by atoms with E-state index in [-0.39, 0.29) is 0 Å². The predicted octanol–water partition coefficient (Wildman–Crippen LogP) is 4.67. The Morgan fingerprint density at radius 1 is 1.09 bits per heavy atom. The van der Waals surface area contributed by atoms with E-state index in [4.69, 9.17) is 12.2 Å². The van der Waals surface area contributed by atoms with Gasteiger partial charge in [0.2, 0.25) is 0 Å². The molecule has 0 bridgehead atoms. The lowest BCUT2D eigenvalue weighted by Crippen LogP contribution is -2.34. The van der Waals surface area contributed by atoms with Crippen LogP contribution < -0.4 is 10.6 Å². The third-order valence-electron chi connectivity index (χ3n) is 4.53. The Morgan fingerprint density at radius 3 is 2.77 bits per heavy atom. The van der Waals surface area contributed by atoms with Crippen LogP contribution in [-0.4, -0.2) is 5.11 Å². The molecule has 2 nitrogen and oxygen atoms in total. The molecule has 3 rings (SSSR count). The fraction of sp³-hybridized carbons (Fsp3) is 0.316. The van der Waals surface area contributed by atoms with Crippen molar-refractivity contribution in [2.24, 2.45) is 0 Å². The average Bonchev–Trinajstić information content (AvgIpc) is 2.52. The second-order valence-corrected chi connectivity index (χ2v) is 6.40. The van der Waals surface area contributed by atoms with Gasteiger partial charge < -0.3 is 10.6 Å². The normalized spacial score (nSPS) is 16.7. The zero-order valence-corrected chi connectivity index (χ0v) is 14.0. The molecule has 0 spiro atoms. The molecule has 1 aliphatic carbocycles. The highest BCUT2D eigenvalue weighted by atomic mass is 32.1. The molecule has 3 heteroatoms. The summed E-state index contributed by atoms with van der Waals surface area (Å²) in [6.07, 6.45) is 3.51. The number of hydrogen-bond donors (Lipinski definition) is 2. The first-order chi connectivity index (χ1) is 10.6. The fourth-order valence-electron chi connectivity index (χ4n) is 3.11. The van der Waals surface area contributed by atoms with Gasteiger partial charge in [0.25, 0.3) is 0 Å². The van der Waals surface area contributed by atoms with E-state index in [1.807, 2.05) is 0 Å². The lowest BCUT2D eigenvalue weighted by atomic mass is 9.88. The van der Waals surface area contributed by atoms with Gasteiger partial charge >= 0.3 is 0 Å². The second-order valence-electron chi connectivity index (χ2n) is 5.99. The largest absolute Gasteiger partial charge is 0.356 e. The number of aryl methyl sites for hydroxylation is 2. The van der Waals surface area contributed by atoms with Crippen LogP contribution in [0, 0.1) is 13.8 Å². The molecular weight excluding hydrogens is 288 g/mol. The molecular formula is C19H22N2S. The van der Waals surface area contributed by atoms with Crippen molar-refractivity contribution >= 4 is 23.0 Å². The Morgan fingerprint density at radius 2 is 1.91 bits per heavy atom. The van der Waals surface area contributed by atoms with Gasteiger partial charge in [-0.1, -0.05) is 36.4 Å². The minimum Gasteiger partial charge on any atom is -0.356 e. The van der Waals surface area contributed by atoms with Crippen LogP contribution in [0.4, 0.5) is 5.69 Å². The fourth-order valence-corrected chi connectivity index (χ4v) is 3.36. The Hall–Kier alpha value is -1.87. The number of hydrogen-bond acceptors (Lipinski definition) is 1. The van der Waals surface area contributed by atoms with E-state index in [0.29, 0.717) is 11.2 Å². The van der Waals surface area contributed by atoms with Gasteiger partial charge in [-0.3, -0.25) is 0 Å². The molecule has 114 valence electrons. The summed E-state index contributed by atoms with van der Waals surface area (Å²) < 4.78 is 0. The summed E-state index contributed by atoms with van der Waals surface area (Å²) >= 11 is 5.53. The molecule has 1 atom stereocenters. The minimum atomic E-state index is 0.315. The van der Waals surface area contributed by atoms with Crippen LogP contribution in [0.3, 0.4) is 0 Å². The van der Waals surface area contributed by atoms with E-state index in [1.165, 1.54) is 35.1 Å². The van der Waals surface area contributed by atoms with E-state index in [0.717, 1.165) is 12.1 Å². The van der Waals surface area contributed by atoms with Gasteiger partial charge in [-0.15, -0.1) is 0 Å². The van der Waals surface area contributed by atoms with Crippen LogP contribution >= 0.6 is 12.2 Å². The van der Waals surface area contributed by atoms with Crippen molar-refractivity contribution in [3.63, 3.8) is 0 Å². The molecule has 1 aliphatic rings. The predicted molar refractivity (Wildman–Crippen MR) is 97.4 cm³/mol. The Bertz CT molecular complexity index is 694. The molecule has 0 saturated heterocycles. The molecule has 2 N–H and O–H groups in total. The Kier molecular flexibility index (Phi) is 4.44. The smallest absolute Gasteiger partial charge is 0.171 e. The number of nitrogens with one attached hydrogen (secondary N) is 2. The lowest BCUT2D eigenvalue weighted by Gasteiger charge is -2.27. The third kappa shape index (κ3) is 3.14. The first-order valence-electron chi connectivity index (χ1n) is 7.86. The van der Waals surface area contributed by atoms with Crippen molar-refractivity contribution in [1.29, 1.82) is 0 Å². The Labute approximate surface area is 137 Å². The van der Waals surface area contributed by atoms with Crippen LogP contribution in [0.15, 0.2) is 42.5 Å². The topological polar surface area (TPSA) is 24.1 Å². The van der Waals surface area contributed by atoms with Gasteiger partial charge in [0.05, 0.1) is 6.04 Å². The highest BCUT2D eigenvalue weighted by molar-refractivity contribution is 7.80. The van der Waals surface area contributed by atoms with Gasteiger partial charge in [0.1, 0.15) is 0 Å². The summed E-state index contributed by atoms with van der Waals surface area (Å²) in [7, 11) is 0. The van der Waals surface area contributed by atoms with Gasteiger partial charge in [0, 0.05) is 5.69 Å². The molecule has 2 aromatic rings. The van der Waals surface area contributed by atoms with Crippen LogP contribution in [0.5, 0.6) is 0 Å². The summed E-state index contributed by atoms with van der Waals surface area (Å²) in [4.78, 5) is 0. The van der Waals surface area contributed by atoms with E-state index in [2.05, 4.69) is 66.9 Å². The highest BCUT2D eigenvalue weighted by Crippen LogP contribution is 2.29. The van der Waals surface area contributed by atoms with Crippen molar-refractivity contribution in [2.75, 3.05) is 5.32 Å². The minimum absolute atomic E-state index is 0.315. The zero-order valence-electron chi connectivity index (χ0n) is 13.1. The molecule has 0 unspecified atom stereocenters. The molecule has 0 heterocycles. The summed E-state index contributed by atoms with van der Waals surface area (Å²) in [5.41, 5.74) is 6.44. The molecule has 0 saturated carbocycles. The number of anilines is 1. The number of fused-ring (bicyclic) bond motifs is 1. The monoisotopic (exact) mass is 310 g/mol. The van der Waals surface area contributed by atoms with Crippen LogP contribution in [0.25, 0.3) is 0 Å². The first kappa shape index (κ1) is 15.0. The molecule has 0 fully saturated rings. The first-order valence-corrected chi connectivity index (χ1v) is 8.27. The van der Waals surface area contributed by atoms with E-state index in [9.17, 15) is 0 Å². The second kappa shape index (κ2) is 6.49. The van der Waals surface area contributed by atoms with Crippen molar-refractivity contribution in [2.45, 2.75) is 39.2 Å². The molecule has 0 radical (unpaired) electrons. The maximum absolute atomic E-state index is 5.53. The number of rotatable bonds is 2. The molecule has 0 amide bonds. The maximum Gasteiger partial charge on any atom is 0.171 e. The van der Waals surface area contributed by atoms with E-state index < -0.39 is 0 Å². The van der Waals surface area contributed by atoms with Gasteiger partial charge in [0.15, 0.2) is 5.11 Å². The van der Waals surface area contributed by atoms with Gasteiger partial charge in [-0.05, 0) is 73.6 Å². The van der Waals surface area contributed by atoms with Gasteiger partial charge in [-0.2, -0.15) is 0 Å². The molecule has 0 aromatic heterocycles. The van der Waals surface area contributed by atoms with Crippen LogP contribution in [0.2, 0.25) is 0 Å². The molecule has 2 aromatic carbocycles. The van der Waals surface area contributed by atoms with Crippen molar-refractivity contribution in [1.82, 2.24) is 5.32 Å². The lowest BCUT2D eigenvalue weighted by molar-refractivity contribution is 0.529. The van der Waals surface area contributed by atoms with Crippen molar-refractivity contribution in [3.8, 4) is 0 Å². The summed E-state index contributed by atoms with van der Waals surface area (Å²) in [5, 5.41) is 7.54. The number of thiocarbonyl (C=S) groups is 1. The van der Waals surface area contributed by atoms with Crippen LogP contribution in [0.1, 0.15) is 41.1 Å². The average molecular weight is 310 g/mol. The van der Waals surface area contributed by atoms with Crippen LogP contribution in [-0.2, 0) is 6.42 Å². The maximum atomic E-state index is 5.53. The third-order valence-corrected chi connectivity index (χ3v) is 4.75. The molecule has 22 heavy (non-hydrogen) atoms. The number of benzene rings is 2.